The summed E-state index contributed by atoms with van der Waals surface area (Å²) in [5.74, 6) is 1.31. The third-order valence-corrected chi connectivity index (χ3v) is 2.26. The van der Waals surface area contributed by atoms with Gasteiger partial charge in [0.15, 0.2) is 0 Å². The first-order valence-electron chi connectivity index (χ1n) is 4.15. The summed E-state index contributed by atoms with van der Waals surface area (Å²) in [4.78, 5) is 0. The molecule has 0 saturated heterocycles. The Morgan fingerprint density at radius 2 is 2.08 bits per heavy atom. The molecule has 12 heavy (non-hydrogen) atoms. The van der Waals surface area contributed by atoms with Crippen LogP contribution in [0.3, 0.4) is 0 Å². The molecule has 4 heteroatoms. The van der Waals surface area contributed by atoms with Crippen molar-refractivity contribution < 1.29 is 14.9 Å². The molecule has 0 bridgehead atoms. The van der Waals surface area contributed by atoms with Crippen molar-refractivity contribution in [2.75, 3.05) is 24.7 Å². The lowest BCUT2D eigenvalue weighted by Crippen LogP contribution is -2.20. The molecule has 0 aromatic rings. The highest BCUT2D eigenvalue weighted by Gasteiger charge is 2.04. The van der Waals surface area contributed by atoms with E-state index in [9.17, 15) is 5.11 Å². The van der Waals surface area contributed by atoms with Crippen LogP contribution in [0.1, 0.15) is 13.8 Å². The normalized spacial score (nSPS) is 13.8. The number of hydrogen-bond donors (Lipinski definition) is 2. The molecular formula is C8H18O3S. The number of ether oxygens (including phenoxy) is 1. The molecule has 0 aromatic carbocycles. The van der Waals surface area contributed by atoms with E-state index in [2.05, 4.69) is 0 Å². The largest absolute Gasteiger partial charge is 0.396 e. The van der Waals surface area contributed by atoms with E-state index in [1.165, 1.54) is 11.8 Å². The summed E-state index contributed by atoms with van der Waals surface area (Å²) in [6.07, 6.45) is -0.244. The van der Waals surface area contributed by atoms with Crippen molar-refractivity contribution in [3.05, 3.63) is 0 Å². The fourth-order valence-corrected chi connectivity index (χ4v) is 1.30. The third-order valence-electron chi connectivity index (χ3n) is 1.17. The van der Waals surface area contributed by atoms with Crippen molar-refractivity contribution in [3.63, 3.8) is 0 Å². The van der Waals surface area contributed by atoms with Crippen LogP contribution in [-0.4, -0.2) is 47.1 Å². The molecule has 0 aliphatic heterocycles. The summed E-state index contributed by atoms with van der Waals surface area (Å²) >= 11 is 1.53. The minimum Gasteiger partial charge on any atom is -0.396 e. The summed E-state index contributed by atoms with van der Waals surface area (Å²) in [7, 11) is 0. The van der Waals surface area contributed by atoms with Crippen LogP contribution in [0.4, 0.5) is 0 Å². The van der Waals surface area contributed by atoms with Gasteiger partial charge < -0.3 is 14.9 Å². The van der Waals surface area contributed by atoms with Gasteiger partial charge >= 0.3 is 0 Å². The standard InChI is InChI=1S/C8H18O3S/c1-7(2)11-5-8(10)6-12-4-3-9/h7-10H,3-6H2,1-2H3. The van der Waals surface area contributed by atoms with Gasteiger partial charge in [0.25, 0.3) is 0 Å². The summed E-state index contributed by atoms with van der Waals surface area (Å²) in [6.45, 7) is 4.43. The van der Waals surface area contributed by atoms with Gasteiger partial charge in [-0.25, -0.2) is 0 Å². The molecular weight excluding hydrogens is 176 g/mol. The number of thioether (sulfide) groups is 1. The van der Waals surface area contributed by atoms with Gasteiger partial charge in [-0.15, -0.1) is 0 Å². The molecule has 0 fully saturated rings. The highest BCUT2D eigenvalue weighted by atomic mass is 32.2. The maximum absolute atomic E-state index is 9.30. The molecule has 0 aliphatic carbocycles. The number of hydrogen-bond acceptors (Lipinski definition) is 4. The SMILES string of the molecule is CC(C)OCC(O)CSCCO. The summed E-state index contributed by atoms with van der Waals surface area (Å²) in [6, 6.07) is 0. The van der Waals surface area contributed by atoms with Crippen LogP contribution in [0.25, 0.3) is 0 Å². The smallest absolute Gasteiger partial charge is 0.0863 e. The molecule has 0 spiro atoms. The van der Waals surface area contributed by atoms with Gasteiger partial charge in [-0.1, -0.05) is 0 Å². The molecule has 2 N–H and O–H groups in total. The Kier molecular flexibility index (Phi) is 8.01. The van der Waals surface area contributed by atoms with E-state index in [0.29, 0.717) is 18.1 Å². The van der Waals surface area contributed by atoms with E-state index in [1.807, 2.05) is 13.8 Å². The zero-order valence-electron chi connectivity index (χ0n) is 7.69. The maximum Gasteiger partial charge on any atom is 0.0863 e. The molecule has 0 amide bonds. The second kappa shape index (κ2) is 7.86. The number of aliphatic hydroxyl groups is 2. The van der Waals surface area contributed by atoms with Crippen molar-refractivity contribution in [1.29, 1.82) is 0 Å². The van der Waals surface area contributed by atoms with Crippen LogP contribution in [0.5, 0.6) is 0 Å². The van der Waals surface area contributed by atoms with Gasteiger partial charge in [0.05, 0.1) is 25.4 Å². The van der Waals surface area contributed by atoms with E-state index < -0.39 is 6.10 Å². The van der Waals surface area contributed by atoms with E-state index in [1.54, 1.807) is 0 Å². The molecule has 0 heterocycles. The minimum absolute atomic E-state index is 0.169. The van der Waals surface area contributed by atoms with Crippen molar-refractivity contribution >= 4 is 11.8 Å². The van der Waals surface area contributed by atoms with Gasteiger partial charge in [0.1, 0.15) is 0 Å². The molecule has 0 aromatic heterocycles. The molecule has 1 atom stereocenters. The van der Waals surface area contributed by atoms with Gasteiger partial charge in [-0.2, -0.15) is 11.8 Å². The number of aliphatic hydroxyl groups excluding tert-OH is 2. The first-order chi connectivity index (χ1) is 5.66. The van der Waals surface area contributed by atoms with Crippen molar-refractivity contribution in [2.24, 2.45) is 0 Å². The Morgan fingerprint density at radius 3 is 2.58 bits per heavy atom. The van der Waals surface area contributed by atoms with Crippen LogP contribution >= 0.6 is 11.8 Å². The topological polar surface area (TPSA) is 49.7 Å². The van der Waals surface area contributed by atoms with E-state index >= 15 is 0 Å². The molecule has 0 aliphatic rings. The first kappa shape index (κ1) is 12.2. The predicted octanol–water partition coefficient (Wildman–Crippen LogP) is 0.498. The van der Waals surface area contributed by atoms with E-state index in [4.69, 9.17) is 9.84 Å². The average molecular weight is 194 g/mol. The quantitative estimate of drug-likeness (QED) is 0.579. The molecule has 3 nitrogen and oxygen atoms in total. The predicted molar refractivity (Wildman–Crippen MR) is 51.5 cm³/mol. The Bertz CT molecular complexity index is 98.3. The van der Waals surface area contributed by atoms with Crippen LogP contribution in [-0.2, 0) is 4.74 Å². The zero-order chi connectivity index (χ0) is 9.40. The van der Waals surface area contributed by atoms with E-state index in [0.717, 1.165) is 0 Å². The molecule has 1 unspecified atom stereocenters. The third kappa shape index (κ3) is 8.33. The second-order valence-electron chi connectivity index (χ2n) is 2.83. The molecule has 74 valence electrons. The fraction of sp³-hybridized carbons (Fsp3) is 1.00. The van der Waals surface area contributed by atoms with Crippen LogP contribution in [0.2, 0.25) is 0 Å². The zero-order valence-corrected chi connectivity index (χ0v) is 8.51. The lowest BCUT2D eigenvalue weighted by Gasteiger charge is -2.12. The summed E-state index contributed by atoms with van der Waals surface area (Å²) < 4.78 is 5.21. The Morgan fingerprint density at radius 1 is 1.42 bits per heavy atom. The highest BCUT2D eigenvalue weighted by Crippen LogP contribution is 2.03. The monoisotopic (exact) mass is 194 g/mol. The number of rotatable bonds is 7. The van der Waals surface area contributed by atoms with Crippen molar-refractivity contribution in [3.8, 4) is 0 Å². The van der Waals surface area contributed by atoms with Gasteiger partial charge in [0.2, 0.25) is 0 Å². The van der Waals surface area contributed by atoms with Gasteiger partial charge in [-0.3, -0.25) is 0 Å². The molecule has 0 saturated carbocycles. The lowest BCUT2D eigenvalue weighted by atomic mass is 10.4. The van der Waals surface area contributed by atoms with Crippen LogP contribution in [0.15, 0.2) is 0 Å². The summed E-state index contributed by atoms with van der Waals surface area (Å²) in [5.41, 5.74) is 0. The minimum atomic E-state index is -0.413. The first-order valence-corrected chi connectivity index (χ1v) is 5.30. The Hall–Kier alpha value is 0.230. The van der Waals surface area contributed by atoms with Crippen LogP contribution in [0, 0.1) is 0 Å². The van der Waals surface area contributed by atoms with Crippen LogP contribution < -0.4 is 0 Å². The molecule has 0 rings (SSSR count). The average Bonchev–Trinajstić information content (AvgIpc) is 2.01. The Labute approximate surface area is 78.1 Å². The van der Waals surface area contributed by atoms with Crippen molar-refractivity contribution in [1.82, 2.24) is 0 Å². The molecule has 0 radical (unpaired) electrons. The van der Waals surface area contributed by atoms with Gasteiger partial charge in [0, 0.05) is 11.5 Å². The second-order valence-corrected chi connectivity index (χ2v) is 3.98. The Balaban J connectivity index is 3.15. The summed E-state index contributed by atoms with van der Waals surface area (Å²) in [5, 5.41) is 17.8. The maximum atomic E-state index is 9.30. The van der Waals surface area contributed by atoms with Crippen molar-refractivity contribution in [2.45, 2.75) is 26.1 Å². The lowest BCUT2D eigenvalue weighted by molar-refractivity contribution is 0.0152. The fourth-order valence-electron chi connectivity index (χ4n) is 0.636. The van der Waals surface area contributed by atoms with E-state index in [-0.39, 0.29) is 12.7 Å². The highest BCUT2D eigenvalue weighted by molar-refractivity contribution is 7.99. The van der Waals surface area contributed by atoms with Gasteiger partial charge in [-0.05, 0) is 13.8 Å².